The maximum atomic E-state index is 12.9. The number of amides is 1. The molecule has 0 saturated heterocycles. The first-order chi connectivity index (χ1) is 13.6. The fraction of sp³-hybridized carbons (Fsp3) is 0.286. The first-order valence-electron chi connectivity index (χ1n) is 9.04. The molecule has 3 aromatic rings. The second kappa shape index (κ2) is 8.25. The number of halogens is 1. The van der Waals surface area contributed by atoms with Gasteiger partial charge in [-0.05, 0) is 53.4 Å². The Hall–Kier alpha value is -1.86. The zero-order valence-corrected chi connectivity index (χ0v) is 18.1. The predicted molar refractivity (Wildman–Crippen MR) is 117 cm³/mol. The minimum absolute atomic E-state index is 0.0553. The van der Waals surface area contributed by atoms with Crippen molar-refractivity contribution in [3.05, 3.63) is 67.0 Å². The van der Waals surface area contributed by atoms with Gasteiger partial charge >= 0.3 is 0 Å². The Morgan fingerprint density at radius 2 is 2.18 bits per heavy atom. The third kappa shape index (κ3) is 3.82. The molecule has 146 valence electrons. The van der Waals surface area contributed by atoms with E-state index in [0.717, 1.165) is 18.5 Å². The quantitative estimate of drug-likeness (QED) is 0.589. The number of carbonyl (C=O) groups is 1. The number of hydrogen-bond acceptors (Lipinski definition) is 5. The number of fused-ring (bicyclic) bond motifs is 1. The van der Waals surface area contributed by atoms with Gasteiger partial charge in [-0.2, -0.15) is 0 Å². The van der Waals surface area contributed by atoms with Crippen molar-refractivity contribution in [3.8, 4) is 5.75 Å². The molecule has 1 atom stereocenters. The number of methoxy groups -OCH3 is 1. The van der Waals surface area contributed by atoms with Crippen LogP contribution in [0.15, 0.2) is 41.1 Å². The van der Waals surface area contributed by atoms with Crippen molar-refractivity contribution >= 4 is 45.9 Å². The lowest BCUT2D eigenvalue weighted by atomic mass is 9.98. The summed E-state index contributed by atoms with van der Waals surface area (Å²) in [6.07, 6.45) is 0.978. The van der Waals surface area contributed by atoms with Gasteiger partial charge in [-0.1, -0.05) is 17.7 Å². The molecular weight excluding hydrogens is 412 g/mol. The van der Waals surface area contributed by atoms with Crippen LogP contribution in [0.4, 0.5) is 5.69 Å². The van der Waals surface area contributed by atoms with E-state index in [9.17, 15) is 4.79 Å². The van der Waals surface area contributed by atoms with E-state index in [-0.39, 0.29) is 11.9 Å². The summed E-state index contributed by atoms with van der Waals surface area (Å²) in [7, 11) is 1.58. The van der Waals surface area contributed by atoms with E-state index in [4.69, 9.17) is 16.3 Å². The van der Waals surface area contributed by atoms with Crippen LogP contribution in [-0.2, 0) is 11.2 Å². The summed E-state index contributed by atoms with van der Waals surface area (Å²) in [6, 6.07) is 10.1. The van der Waals surface area contributed by atoms with Gasteiger partial charge in [-0.25, -0.2) is 0 Å². The minimum atomic E-state index is -0.0553. The van der Waals surface area contributed by atoms with E-state index in [1.54, 1.807) is 35.8 Å². The molecule has 1 aliphatic heterocycles. The van der Waals surface area contributed by atoms with E-state index >= 15 is 0 Å². The number of nitrogens with zero attached hydrogens (tertiary/aromatic N) is 1. The Bertz CT molecular complexity index is 984. The SMILES string of the molecule is COc1cc(Cl)c(C)cc1NC(=O)CN1CCc2sccc2[C@@H]1c1cccs1. The molecular formula is C21H21ClN2O2S2. The highest BCUT2D eigenvalue weighted by Crippen LogP contribution is 2.39. The molecule has 7 heteroatoms. The van der Waals surface area contributed by atoms with E-state index in [1.807, 2.05) is 13.0 Å². The molecule has 3 heterocycles. The van der Waals surface area contributed by atoms with Crippen molar-refractivity contribution in [3.63, 3.8) is 0 Å². The highest BCUT2D eigenvalue weighted by Gasteiger charge is 2.31. The number of benzene rings is 1. The van der Waals surface area contributed by atoms with Gasteiger partial charge in [0.15, 0.2) is 0 Å². The molecule has 0 bridgehead atoms. The lowest BCUT2D eigenvalue weighted by molar-refractivity contribution is -0.117. The smallest absolute Gasteiger partial charge is 0.238 e. The van der Waals surface area contributed by atoms with Crippen LogP contribution >= 0.6 is 34.3 Å². The second-order valence-electron chi connectivity index (χ2n) is 6.79. The summed E-state index contributed by atoms with van der Waals surface area (Å²) >= 11 is 9.71. The van der Waals surface area contributed by atoms with Gasteiger partial charge in [0.2, 0.25) is 5.91 Å². The van der Waals surface area contributed by atoms with E-state index in [2.05, 4.69) is 39.2 Å². The van der Waals surface area contributed by atoms with Gasteiger partial charge in [-0.15, -0.1) is 22.7 Å². The van der Waals surface area contributed by atoms with E-state index < -0.39 is 0 Å². The Balaban J connectivity index is 1.55. The molecule has 28 heavy (non-hydrogen) atoms. The van der Waals surface area contributed by atoms with Crippen molar-refractivity contribution in [2.45, 2.75) is 19.4 Å². The van der Waals surface area contributed by atoms with Gasteiger partial charge in [0.25, 0.3) is 0 Å². The Labute approximate surface area is 177 Å². The molecule has 0 spiro atoms. The molecule has 0 saturated carbocycles. The fourth-order valence-corrected chi connectivity index (χ4v) is 5.56. The van der Waals surface area contributed by atoms with Gasteiger partial charge in [0.05, 0.1) is 25.4 Å². The number of anilines is 1. The Kier molecular flexibility index (Phi) is 5.73. The van der Waals surface area contributed by atoms with Crippen molar-refractivity contribution in [1.82, 2.24) is 4.90 Å². The molecule has 1 amide bonds. The molecule has 1 aliphatic rings. The van der Waals surface area contributed by atoms with Crippen molar-refractivity contribution in [1.29, 1.82) is 0 Å². The average Bonchev–Trinajstić information content (AvgIpc) is 3.36. The highest BCUT2D eigenvalue weighted by atomic mass is 35.5. The molecule has 0 unspecified atom stereocenters. The van der Waals surface area contributed by atoms with Crippen LogP contribution in [0.3, 0.4) is 0 Å². The number of thiophene rings is 2. The molecule has 0 aliphatic carbocycles. The Morgan fingerprint density at radius 1 is 1.32 bits per heavy atom. The van der Waals surface area contributed by atoms with Crippen LogP contribution in [0.5, 0.6) is 5.75 Å². The molecule has 1 N–H and O–H groups in total. The van der Waals surface area contributed by atoms with Crippen molar-refractivity contribution in [2.75, 3.05) is 25.5 Å². The van der Waals surface area contributed by atoms with Gasteiger partial charge < -0.3 is 10.1 Å². The van der Waals surface area contributed by atoms with Crippen molar-refractivity contribution < 1.29 is 9.53 Å². The number of hydrogen-bond donors (Lipinski definition) is 1. The molecule has 0 fully saturated rings. The van der Waals surface area contributed by atoms with Crippen LogP contribution in [-0.4, -0.2) is 31.0 Å². The molecule has 0 radical (unpaired) electrons. The molecule has 2 aromatic heterocycles. The van der Waals surface area contributed by atoms with Crippen molar-refractivity contribution in [2.24, 2.45) is 0 Å². The van der Waals surface area contributed by atoms with Crippen LogP contribution in [0, 0.1) is 6.92 Å². The number of rotatable bonds is 5. The lowest BCUT2D eigenvalue weighted by Crippen LogP contribution is -2.40. The number of aryl methyl sites for hydroxylation is 1. The zero-order chi connectivity index (χ0) is 19.7. The first kappa shape index (κ1) is 19.5. The lowest BCUT2D eigenvalue weighted by Gasteiger charge is -2.34. The monoisotopic (exact) mass is 432 g/mol. The Morgan fingerprint density at radius 3 is 2.93 bits per heavy atom. The van der Waals surface area contributed by atoms with Crippen LogP contribution < -0.4 is 10.1 Å². The van der Waals surface area contributed by atoms with E-state index in [1.165, 1.54) is 15.3 Å². The maximum absolute atomic E-state index is 12.9. The second-order valence-corrected chi connectivity index (χ2v) is 9.17. The maximum Gasteiger partial charge on any atom is 0.238 e. The van der Waals surface area contributed by atoms with E-state index in [0.29, 0.717) is 23.0 Å². The largest absolute Gasteiger partial charge is 0.495 e. The summed E-state index contributed by atoms with van der Waals surface area (Å²) in [5.41, 5.74) is 2.87. The molecule has 1 aromatic carbocycles. The van der Waals surface area contributed by atoms with Gasteiger partial charge in [0, 0.05) is 27.4 Å². The summed E-state index contributed by atoms with van der Waals surface area (Å²) in [5, 5.41) is 7.86. The number of ether oxygens (including phenoxy) is 1. The first-order valence-corrected chi connectivity index (χ1v) is 11.2. The fourth-order valence-electron chi connectivity index (χ4n) is 3.62. The van der Waals surface area contributed by atoms with Gasteiger partial charge in [-0.3, -0.25) is 9.69 Å². The normalized spacial score (nSPS) is 16.6. The van der Waals surface area contributed by atoms with Crippen LogP contribution in [0.1, 0.15) is 26.9 Å². The highest BCUT2D eigenvalue weighted by molar-refractivity contribution is 7.10. The third-order valence-electron chi connectivity index (χ3n) is 4.98. The topological polar surface area (TPSA) is 41.6 Å². The molecule has 4 nitrogen and oxygen atoms in total. The molecule has 4 rings (SSSR count). The van der Waals surface area contributed by atoms with Gasteiger partial charge in [0.1, 0.15) is 5.75 Å². The summed E-state index contributed by atoms with van der Waals surface area (Å²) in [6.45, 7) is 3.09. The summed E-state index contributed by atoms with van der Waals surface area (Å²) in [4.78, 5) is 17.8. The number of nitrogens with one attached hydrogen (secondary N) is 1. The van der Waals surface area contributed by atoms with Crippen LogP contribution in [0.25, 0.3) is 0 Å². The standard InChI is InChI=1S/C21H21ClN2O2S2/c1-13-10-16(17(26-2)11-15(13)22)23-20(25)12-24-7-5-18-14(6-9-28-18)21(24)19-4-3-8-27-19/h3-4,6,8-11,21H,5,7,12H2,1-2H3,(H,23,25)/t21-/m1/s1. The number of carbonyl (C=O) groups excluding carboxylic acids is 1. The minimum Gasteiger partial charge on any atom is -0.495 e. The summed E-state index contributed by atoms with van der Waals surface area (Å²) < 4.78 is 5.38. The van der Waals surface area contributed by atoms with Crippen LogP contribution in [0.2, 0.25) is 5.02 Å². The average molecular weight is 433 g/mol. The summed E-state index contributed by atoms with van der Waals surface area (Å²) in [5.74, 6) is 0.512. The third-order valence-corrected chi connectivity index (χ3v) is 7.31. The zero-order valence-electron chi connectivity index (χ0n) is 15.7. The predicted octanol–water partition coefficient (Wildman–Crippen LogP) is 5.37.